The molecule has 0 heterocycles. The Morgan fingerprint density at radius 2 is 1.83 bits per heavy atom. The summed E-state index contributed by atoms with van der Waals surface area (Å²) in [5.41, 5.74) is 1.14. The van der Waals surface area contributed by atoms with Crippen molar-refractivity contribution in [1.82, 2.24) is 0 Å². The minimum absolute atomic E-state index is 0.595. The van der Waals surface area contributed by atoms with E-state index < -0.39 is 8.11 Å². The monoisotopic (exact) mass is 238 g/mol. The van der Waals surface area contributed by atoms with Crippen LogP contribution in [0, 0.1) is 6.92 Å². The van der Waals surface area contributed by atoms with Crippen LogP contribution in [0.2, 0.25) is 16.6 Å². The standard InChI is InChI=1S/C8H9Cl3Si/c1-5-3-4-6(9)7(10)8(5)12(2)11/h3-4,12H,1-2H3. The highest BCUT2D eigenvalue weighted by atomic mass is 35.6. The molecule has 0 spiro atoms. The van der Waals surface area contributed by atoms with Gasteiger partial charge in [-0.1, -0.05) is 35.8 Å². The van der Waals surface area contributed by atoms with E-state index in [1.807, 2.05) is 19.5 Å². The summed E-state index contributed by atoms with van der Waals surface area (Å²) < 4.78 is 0. The average molecular weight is 240 g/mol. The van der Waals surface area contributed by atoms with Crippen LogP contribution in [0.1, 0.15) is 5.56 Å². The van der Waals surface area contributed by atoms with Crippen LogP contribution in [0.25, 0.3) is 0 Å². The molecule has 0 N–H and O–H groups in total. The molecule has 4 heteroatoms. The van der Waals surface area contributed by atoms with Gasteiger partial charge in [-0.15, -0.1) is 0 Å². The Kier molecular flexibility index (Phi) is 3.47. The Hall–Kier alpha value is 0.307. The normalized spacial score (nSPS) is 13.1. The maximum Gasteiger partial charge on any atom is 0.170 e. The van der Waals surface area contributed by atoms with Crippen molar-refractivity contribution in [2.75, 3.05) is 0 Å². The van der Waals surface area contributed by atoms with Gasteiger partial charge in [-0.05, 0) is 23.7 Å². The summed E-state index contributed by atoms with van der Waals surface area (Å²) in [6.45, 7) is 4.02. The lowest BCUT2D eigenvalue weighted by Crippen LogP contribution is -2.24. The third kappa shape index (κ3) is 1.97. The maximum atomic E-state index is 6.08. The fourth-order valence-electron chi connectivity index (χ4n) is 1.15. The van der Waals surface area contributed by atoms with Gasteiger partial charge in [-0.25, -0.2) is 0 Å². The van der Waals surface area contributed by atoms with E-state index in [0.29, 0.717) is 10.0 Å². The number of hydrogen-bond acceptors (Lipinski definition) is 0. The van der Waals surface area contributed by atoms with E-state index in [0.717, 1.165) is 10.8 Å². The summed E-state index contributed by atoms with van der Waals surface area (Å²) in [5.74, 6) is 0. The predicted octanol–water partition coefficient (Wildman–Crippen LogP) is 3.10. The van der Waals surface area contributed by atoms with Gasteiger partial charge >= 0.3 is 0 Å². The molecule has 0 amide bonds. The van der Waals surface area contributed by atoms with E-state index in [9.17, 15) is 0 Å². The SMILES string of the molecule is Cc1ccc(Cl)c(Cl)c1[SiH](C)Cl. The molecule has 0 saturated carbocycles. The molecule has 1 atom stereocenters. The van der Waals surface area contributed by atoms with Gasteiger partial charge < -0.3 is 0 Å². The molecule has 0 aromatic heterocycles. The molecule has 12 heavy (non-hydrogen) atoms. The first-order valence-electron chi connectivity index (χ1n) is 3.62. The summed E-state index contributed by atoms with van der Waals surface area (Å²) in [5, 5.41) is 2.29. The molecular weight excluding hydrogens is 231 g/mol. The molecule has 0 fully saturated rings. The maximum absolute atomic E-state index is 6.08. The molecule has 0 aliphatic rings. The van der Waals surface area contributed by atoms with Gasteiger partial charge in [0.1, 0.15) is 0 Å². The van der Waals surface area contributed by atoms with Crippen LogP contribution >= 0.6 is 34.3 Å². The summed E-state index contributed by atoms with van der Waals surface area (Å²) >= 11 is 18.0. The van der Waals surface area contributed by atoms with Crippen molar-refractivity contribution in [3.63, 3.8) is 0 Å². The molecule has 0 radical (unpaired) electrons. The highest BCUT2D eigenvalue weighted by Gasteiger charge is 2.13. The summed E-state index contributed by atoms with van der Waals surface area (Å²) in [7, 11) is -1.38. The Labute approximate surface area is 88.8 Å². The van der Waals surface area contributed by atoms with Crippen LogP contribution < -0.4 is 5.19 Å². The molecular formula is C8H9Cl3Si. The van der Waals surface area contributed by atoms with Gasteiger partial charge in [-0.3, -0.25) is 0 Å². The van der Waals surface area contributed by atoms with Crippen molar-refractivity contribution < 1.29 is 0 Å². The van der Waals surface area contributed by atoms with Crippen molar-refractivity contribution in [3.8, 4) is 0 Å². The van der Waals surface area contributed by atoms with Gasteiger partial charge in [0.05, 0.1) is 10.0 Å². The molecule has 0 aliphatic carbocycles. The fourth-order valence-corrected chi connectivity index (χ4v) is 4.35. The van der Waals surface area contributed by atoms with E-state index in [-0.39, 0.29) is 0 Å². The molecule has 0 aliphatic heterocycles. The highest BCUT2D eigenvalue weighted by molar-refractivity contribution is 7.14. The van der Waals surface area contributed by atoms with Crippen LogP contribution in [0.5, 0.6) is 0 Å². The van der Waals surface area contributed by atoms with Gasteiger partial charge in [0.2, 0.25) is 0 Å². The van der Waals surface area contributed by atoms with Crippen molar-refractivity contribution in [2.24, 2.45) is 0 Å². The first kappa shape index (κ1) is 10.4. The highest BCUT2D eigenvalue weighted by Crippen LogP contribution is 2.21. The average Bonchev–Trinajstić information content (AvgIpc) is 1.97. The first-order valence-corrected chi connectivity index (χ1v) is 7.86. The lowest BCUT2D eigenvalue weighted by Gasteiger charge is -2.09. The fraction of sp³-hybridized carbons (Fsp3) is 0.250. The summed E-state index contributed by atoms with van der Waals surface area (Å²) in [6.07, 6.45) is 0. The van der Waals surface area contributed by atoms with Crippen molar-refractivity contribution in [3.05, 3.63) is 27.7 Å². The van der Waals surface area contributed by atoms with E-state index in [4.69, 9.17) is 34.3 Å². The number of rotatable bonds is 1. The molecule has 1 aromatic carbocycles. The largest absolute Gasteiger partial charge is 0.170 e. The molecule has 0 bridgehead atoms. The van der Waals surface area contributed by atoms with Gasteiger partial charge in [0, 0.05) is 0 Å². The molecule has 0 saturated heterocycles. The zero-order valence-corrected chi connectivity index (χ0v) is 10.3. The van der Waals surface area contributed by atoms with E-state index in [2.05, 4.69) is 0 Å². The van der Waals surface area contributed by atoms with Crippen LogP contribution in [0.4, 0.5) is 0 Å². The molecule has 1 unspecified atom stereocenters. The lowest BCUT2D eigenvalue weighted by molar-refractivity contribution is 1.51. The topological polar surface area (TPSA) is 0 Å². The Balaban J connectivity index is 3.33. The van der Waals surface area contributed by atoms with Crippen molar-refractivity contribution in [2.45, 2.75) is 13.5 Å². The lowest BCUT2D eigenvalue weighted by atomic mass is 10.2. The van der Waals surface area contributed by atoms with Crippen LogP contribution in [-0.4, -0.2) is 8.11 Å². The smallest absolute Gasteiger partial charge is 0.166 e. The Morgan fingerprint density at radius 1 is 1.25 bits per heavy atom. The predicted molar refractivity (Wildman–Crippen MR) is 59.7 cm³/mol. The number of benzene rings is 1. The quantitative estimate of drug-likeness (QED) is 0.522. The molecule has 1 rings (SSSR count). The summed E-state index contributed by atoms with van der Waals surface area (Å²) in [6, 6.07) is 3.76. The Morgan fingerprint density at radius 3 is 2.25 bits per heavy atom. The first-order chi connectivity index (χ1) is 5.54. The van der Waals surface area contributed by atoms with Gasteiger partial charge in [0.15, 0.2) is 8.11 Å². The molecule has 1 aromatic rings. The van der Waals surface area contributed by atoms with Crippen LogP contribution in [0.3, 0.4) is 0 Å². The molecule has 0 nitrogen and oxygen atoms in total. The second kappa shape index (κ2) is 4.01. The minimum Gasteiger partial charge on any atom is -0.166 e. The second-order valence-corrected chi connectivity index (χ2v) is 7.27. The van der Waals surface area contributed by atoms with Gasteiger partial charge in [-0.2, -0.15) is 11.1 Å². The van der Waals surface area contributed by atoms with Crippen LogP contribution in [0.15, 0.2) is 12.1 Å². The third-order valence-electron chi connectivity index (χ3n) is 1.75. The van der Waals surface area contributed by atoms with Crippen LogP contribution in [-0.2, 0) is 0 Å². The second-order valence-electron chi connectivity index (χ2n) is 2.71. The van der Waals surface area contributed by atoms with E-state index >= 15 is 0 Å². The van der Waals surface area contributed by atoms with E-state index in [1.165, 1.54) is 0 Å². The minimum atomic E-state index is -1.38. The molecule has 66 valence electrons. The number of hydrogen-bond donors (Lipinski definition) is 0. The number of halogens is 3. The number of aryl methyl sites for hydroxylation is 1. The van der Waals surface area contributed by atoms with Crippen molar-refractivity contribution in [1.29, 1.82) is 0 Å². The van der Waals surface area contributed by atoms with E-state index in [1.54, 1.807) is 6.07 Å². The summed E-state index contributed by atoms with van der Waals surface area (Å²) in [4.78, 5) is 0. The zero-order chi connectivity index (χ0) is 9.30. The zero-order valence-electron chi connectivity index (χ0n) is 6.87. The Bertz CT molecular complexity index is 297. The van der Waals surface area contributed by atoms with Gasteiger partial charge in [0.25, 0.3) is 0 Å². The van der Waals surface area contributed by atoms with Crippen molar-refractivity contribution >= 4 is 47.6 Å². The third-order valence-corrected chi connectivity index (χ3v) is 4.94.